The Morgan fingerprint density at radius 1 is 1.10 bits per heavy atom. The second-order valence-corrected chi connectivity index (χ2v) is 13.7. The van der Waals surface area contributed by atoms with E-state index in [0.717, 1.165) is 23.3 Å². The predicted octanol–water partition coefficient (Wildman–Crippen LogP) is 4.34. The van der Waals surface area contributed by atoms with Crippen LogP contribution in [0.1, 0.15) is 24.5 Å². The largest absolute Gasteiger partial charge is 0.421 e. The second-order valence-electron chi connectivity index (χ2n) is 10.8. The monoisotopic (exact) mass is 625 g/mol. The molecule has 3 aromatic rings. The molecule has 2 bridgehead atoms. The number of thiophene rings is 1. The number of anilines is 1. The van der Waals surface area contributed by atoms with Gasteiger partial charge in [0.25, 0.3) is 0 Å². The van der Waals surface area contributed by atoms with E-state index in [-0.39, 0.29) is 34.5 Å². The van der Waals surface area contributed by atoms with E-state index in [4.69, 9.17) is 9.47 Å². The first-order valence-electron chi connectivity index (χ1n) is 13.6. The van der Waals surface area contributed by atoms with Gasteiger partial charge in [-0.05, 0) is 48.1 Å². The zero-order valence-corrected chi connectivity index (χ0v) is 24.6. The molecule has 42 heavy (non-hydrogen) atoms. The number of halogens is 3. The second kappa shape index (κ2) is 12.6. The molecule has 2 aliphatic heterocycles. The number of sulfonamides is 1. The van der Waals surface area contributed by atoms with Crippen LogP contribution in [-0.4, -0.2) is 75.1 Å². The number of hydrogen-bond acceptors (Lipinski definition) is 8. The van der Waals surface area contributed by atoms with Crippen LogP contribution in [0.3, 0.4) is 0 Å². The van der Waals surface area contributed by atoms with E-state index < -0.39 is 27.8 Å². The van der Waals surface area contributed by atoms with Crippen LogP contribution >= 0.6 is 11.3 Å². The van der Waals surface area contributed by atoms with Gasteiger partial charge >= 0.3 is 6.18 Å². The van der Waals surface area contributed by atoms with Crippen LogP contribution in [0.5, 0.6) is 0 Å². The van der Waals surface area contributed by atoms with Gasteiger partial charge in [0.1, 0.15) is 4.21 Å². The summed E-state index contributed by atoms with van der Waals surface area (Å²) in [5, 5.41) is 15.0. The van der Waals surface area contributed by atoms with Crippen LogP contribution in [0.2, 0.25) is 0 Å². The molecule has 0 saturated carbocycles. The molecule has 0 aliphatic carbocycles. The van der Waals surface area contributed by atoms with Gasteiger partial charge in [0, 0.05) is 24.8 Å². The molecule has 5 rings (SSSR count). The molecule has 0 spiro atoms. The van der Waals surface area contributed by atoms with Gasteiger partial charge in [-0.15, -0.1) is 11.3 Å². The van der Waals surface area contributed by atoms with Crippen LogP contribution in [0, 0.1) is 0 Å². The smallest absolute Gasteiger partial charge is 0.380 e. The Morgan fingerprint density at radius 3 is 2.50 bits per heavy atom. The summed E-state index contributed by atoms with van der Waals surface area (Å²) in [7, 11) is -3.75. The topological polar surface area (TPSA) is 100 Å². The number of fused-ring (bicyclic) bond motifs is 2. The van der Waals surface area contributed by atoms with Crippen molar-refractivity contribution in [2.24, 2.45) is 0 Å². The number of rotatable bonds is 12. The Morgan fingerprint density at radius 2 is 1.83 bits per heavy atom. The van der Waals surface area contributed by atoms with Gasteiger partial charge in [-0.2, -0.15) is 13.2 Å². The molecule has 3 N–H and O–H groups in total. The van der Waals surface area contributed by atoms with Crippen molar-refractivity contribution in [3.8, 4) is 0 Å². The molecule has 0 radical (unpaired) electrons. The molecule has 2 saturated heterocycles. The molecule has 5 atom stereocenters. The molecule has 1 aromatic heterocycles. The first kappa shape index (κ1) is 30.9. The maximum Gasteiger partial charge on any atom is 0.421 e. The average Bonchev–Trinajstić information content (AvgIpc) is 3.56. The zero-order valence-electron chi connectivity index (χ0n) is 23.0. The van der Waals surface area contributed by atoms with Crippen molar-refractivity contribution in [2.75, 3.05) is 31.6 Å². The van der Waals surface area contributed by atoms with Crippen molar-refractivity contribution in [3.63, 3.8) is 0 Å². The summed E-state index contributed by atoms with van der Waals surface area (Å²) >= 11 is 1.11. The average molecular weight is 626 g/mol. The van der Waals surface area contributed by atoms with Gasteiger partial charge in [-0.3, -0.25) is 4.90 Å². The number of benzene rings is 2. The molecule has 2 aliphatic rings. The van der Waals surface area contributed by atoms with Crippen LogP contribution < -0.4 is 10.0 Å². The Hall–Kier alpha value is -2.52. The molecule has 4 unspecified atom stereocenters. The lowest BCUT2D eigenvalue weighted by Crippen LogP contribution is -2.54. The van der Waals surface area contributed by atoms with E-state index in [2.05, 4.69) is 14.9 Å². The molecular formula is C29H34F3N3O5S2. The van der Waals surface area contributed by atoms with Crippen LogP contribution in [0.25, 0.3) is 0 Å². The van der Waals surface area contributed by atoms with Gasteiger partial charge in [0.15, 0.2) is 5.60 Å². The highest BCUT2D eigenvalue weighted by atomic mass is 32.2. The molecule has 2 fully saturated rings. The lowest BCUT2D eigenvalue weighted by molar-refractivity contribution is -0.258. The molecule has 228 valence electrons. The van der Waals surface area contributed by atoms with Gasteiger partial charge in [0.2, 0.25) is 10.0 Å². The normalized spacial score (nSPS) is 23.4. The Balaban J connectivity index is 1.31. The van der Waals surface area contributed by atoms with E-state index in [0.29, 0.717) is 39.0 Å². The minimum absolute atomic E-state index is 0.0325. The van der Waals surface area contributed by atoms with E-state index in [1.54, 1.807) is 11.4 Å². The molecule has 8 nitrogen and oxygen atoms in total. The fourth-order valence-electron chi connectivity index (χ4n) is 5.38. The minimum atomic E-state index is -4.83. The van der Waals surface area contributed by atoms with Crippen molar-refractivity contribution < 1.29 is 36.2 Å². The van der Waals surface area contributed by atoms with E-state index in [1.807, 2.05) is 30.3 Å². The quantitative estimate of drug-likeness (QED) is 0.276. The zero-order chi connectivity index (χ0) is 30.0. The highest BCUT2D eigenvalue weighted by molar-refractivity contribution is 7.91. The summed E-state index contributed by atoms with van der Waals surface area (Å²) < 4.78 is 80.8. The summed E-state index contributed by atoms with van der Waals surface area (Å²) in [6, 6.07) is 18.0. The Labute approximate surface area is 247 Å². The van der Waals surface area contributed by atoms with Crippen molar-refractivity contribution in [2.45, 2.75) is 60.2 Å². The van der Waals surface area contributed by atoms with Crippen molar-refractivity contribution in [1.29, 1.82) is 0 Å². The van der Waals surface area contributed by atoms with Gasteiger partial charge in [-0.1, -0.05) is 48.5 Å². The third-order valence-electron chi connectivity index (χ3n) is 7.81. The number of nitrogens with one attached hydrogen (secondary N) is 2. The summed E-state index contributed by atoms with van der Waals surface area (Å²) in [6.45, 7) is 2.66. The SMILES string of the molecule is CC(O)(c1ccc(N[C@H](CNS(=O)(=O)c2cccs2)CN2C3COCC2C(OCc2ccccc2)C3)cc1)C(F)(F)F. The van der Waals surface area contributed by atoms with Crippen molar-refractivity contribution >= 4 is 27.0 Å². The van der Waals surface area contributed by atoms with E-state index in [9.17, 15) is 26.7 Å². The molecule has 3 heterocycles. The lowest BCUT2D eigenvalue weighted by Gasteiger charge is -2.38. The molecular weight excluding hydrogens is 591 g/mol. The number of hydrogen-bond donors (Lipinski definition) is 3. The first-order chi connectivity index (χ1) is 19.9. The summed E-state index contributed by atoms with van der Waals surface area (Å²) in [4.78, 5) is 2.28. The third kappa shape index (κ3) is 6.99. The Bertz CT molecular complexity index is 1400. The number of aliphatic hydroxyl groups is 1. The lowest BCUT2D eigenvalue weighted by atomic mass is 9.95. The maximum atomic E-state index is 13.3. The number of morpholine rings is 1. The summed E-state index contributed by atoms with van der Waals surface area (Å²) in [5.41, 5.74) is -1.72. The van der Waals surface area contributed by atoms with Crippen molar-refractivity contribution in [3.05, 3.63) is 83.2 Å². The number of ether oxygens (including phenoxy) is 2. The summed E-state index contributed by atoms with van der Waals surface area (Å²) in [6.07, 6.45) is -4.13. The first-order valence-corrected chi connectivity index (χ1v) is 16.0. The number of alkyl halides is 3. The molecule has 0 amide bonds. The Kier molecular flexibility index (Phi) is 9.28. The van der Waals surface area contributed by atoms with Gasteiger partial charge < -0.3 is 19.9 Å². The third-order valence-corrected chi connectivity index (χ3v) is 10.6. The highest BCUT2D eigenvalue weighted by Gasteiger charge is 2.51. The number of nitrogens with zero attached hydrogens (tertiary/aromatic N) is 1. The van der Waals surface area contributed by atoms with E-state index in [1.165, 1.54) is 30.3 Å². The van der Waals surface area contributed by atoms with Gasteiger partial charge in [-0.25, -0.2) is 13.1 Å². The minimum Gasteiger partial charge on any atom is -0.380 e. The van der Waals surface area contributed by atoms with Crippen molar-refractivity contribution in [1.82, 2.24) is 9.62 Å². The standard InChI is InChI=1S/C29H34F3N3O5S2/c1-28(36,29(30,31)32)21-9-11-22(12-10-21)34-23(15-33-42(37,38)27-8-5-13-41-27)16-35-24-14-26(25(35)19-39-18-24)40-17-20-6-3-2-4-7-20/h2-13,23-26,33-34,36H,14-19H2,1H3/t23-,24?,25?,26?,28?/m1/s1. The fraction of sp³-hybridized carbons (Fsp3) is 0.448. The van der Waals surface area contributed by atoms with E-state index >= 15 is 0 Å². The van der Waals surface area contributed by atoms with Crippen LogP contribution in [0.15, 0.2) is 76.3 Å². The summed E-state index contributed by atoms with van der Waals surface area (Å²) in [5.74, 6) is 0. The molecule has 13 heteroatoms. The molecule has 2 aromatic carbocycles. The predicted molar refractivity (Wildman–Crippen MR) is 154 cm³/mol. The van der Waals surface area contributed by atoms with Crippen LogP contribution in [0.4, 0.5) is 18.9 Å². The van der Waals surface area contributed by atoms with Gasteiger partial charge in [0.05, 0.1) is 38.0 Å². The highest BCUT2D eigenvalue weighted by Crippen LogP contribution is 2.39. The van der Waals surface area contributed by atoms with Crippen LogP contribution in [-0.2, 0) is 31.7 Å². The fourth-order valence-corrected chi connectivity index (χ4v) is 7.50. The maximum absolute atomic E-state index is 13.3.